The molecule has 0 heterocycles. The van der Waals surface area contributed by atoms with Gasteiger partial charge in [-0.05, 0) is 0 Å². The average molecular weight is 137 g/mol. The fourth-order valence-electron chi connectivity index (χ4n) is 0.166. The first-order chi connectivity index (χ1) is 3.81. The van der Waals surface area contributed by atoms with Crippen molar-refractivity contribution in [3.63, 3.8) is 0 Å². The molecule has 46 valence electrons. The number of rotatable bonds is 3. The van der Waals surface area contributed by atoms with Crippen molar-refractivity contribution < 1.29 is 14.3 Å². The summed E-state index contributed by atoms with van der Waals surface area (Å²) in [7, 11) is 0. The van der Waals surface area contributed by atoms with Crippen LogP contribution in [0.15, 0.2) is 0 Å². The first kappa shape index (κ1) is 7.43. The van der Waals surface area contributed by atoms with Crippen LogP contribution in [0, 0.1) is 0 Å². The third kappa shape index (κ3) is 3.61. The van der Waals surface area contributed by atoms with Gasteiger partial charge in [0.1, 0.15) is 12.5 Å². The highest BCUT2D eigenvalue weighted by Crippen LogP contribution is 1.79. The average Bonchev–Trinajstić information content (AvgIpc) is 1.83. The molecule has 0 radical (unpaired) electrons. The molecule has 0 unspecified atom stereocenters. The van der Waals surface area contributed by atoms with Crippen molar-refractivity contribution in [1.82, 2.24) is 0 Å². The molecular formula is C4H5ClO3. The highest BCUT2D eigenvalue weighted by atomic mass is 35.5. The maximum Gasteiger partial charge on any atom is 0.321 e. The highest BCUT2D eigenvalue weighted by Gasteiger charge is 1.95. The van der Waals surface area contributed by atoms with Gasteiger partial charge in [-0.3, -0.25) is 9.59 Å². The molecule has 0 aromatic carbocycles. The molecule has 0 atom stereocenters. The molecule has 0 N–H and O–H groups in total. The lowest BCUT2D eigenvalue weighted by Crippen LogP contribution is -2.06. The van der Waals surface area contributed by atoms with Crippen molar-refractivity contribution in [3.8, 4) is 0 Å². The van der Waals surface area contributed by atoms with Crippen LogP contribution in [-0.4, -0.2) is 24.7 Å². The Labute approximate surface area is 51.6 Å². The maximum absolute atomic E-state index is 10.1. The summed E-state index contributed by atoms with van der Waals surface area (Å²) in [6.45, 7) is -0.203. The standard InChI is InChI=1S/C4H5ClO3/c5-3-4(7)8-2-1-6/h1H,2-3H2. The van der Waals surface area contributed by atoms with Crippen LogP contribution < -0.4 is 0 Å². The van der Waals surface area contributed by atoms with Crippen LogP contribution in [0.1, 0.15) is 0 Å². The van der Waals surface area contributed by atoms with E-state index in [9.17, 15) is 9.59 Å². The number of ether oxygens (including phenoxy) is 1. The van der Waals surface area contributed by atoms with Gasteiger partial charge in [0.15, 0.2) is 6.29 Å². The van der Waals surface area contributed by atoms with Crippen LogP contribution >= 0.6 is 11.6 Å². The monoisotopic (exact) mass is 136 g/mol. The molecule has 0 aromatic heterocycles. The van der Waals surface area contributed by atoms with Gasteiger partial charge >= 0.3 is 5.97 Å². The minimum atomic E-state index is -0.571. The summed E-state index contributed by atoms with van der Waals surface area (Å²) in [5, 5.41) is 0. The fourth-order valence-corrected chi connectivity index (χ4v) is 0.243. The zero-order valence-corrected chi connectivity index (χ0v) is 4.85. The summed E-state index contributed by atoms with van der Waals surface area (Å²) in [6, 6.07) is 0. The van der Waals surface area contributed by atoms with Crippen molar-refractivity contribution in [2.45, 2.75) is 0 Å². The van der Waals surface area contributed by atoms with E-state index >= 15 is 0 Å². The summed E-state index contributed by atoms with van der Waals surface area (Å²) in [4.78, 5) is 19.6. The zero-order chi connectivity index (χ0) is 6.41. The van der Waals surface area contributed by atoms with Crippen molar-refractivity contribution in [2.24, 2.45) is 0 Å². The van der Waals surface area contributed by atoms with Crippen LogP contribution in [0.5, 0.6) is 0 Å². The molecular weight excluding hydrogens is 131 g/mol. The smallest absolute Gasteiger partial charge is 0.321 e. The lowest BCUT2D eigenvalue weighted by Gasteiger charge is -1.92. The van der Waals surface area contributed by atoms with Gasteiger partial charge in [-0.25, -0.2) is 0 Å². The van der Waals surface area contributed by atoms with E-state index in [4.69, 9.17) is 11.6 Å². The summed E-state index contributed by atoms with van der Waals surface area (Å²) < 4.78 is 4.20. The molecule has 0 amide bonds. The van der Waals surface area contributed by atoms with Gasteiger partial charge in [-0.15, -0.1) is 11.6 Å². The van der Waals surface area contributed by atoms with E-state index in [-0.39, 0.29) is 12.5 Å². The topological polar surface area (TPSA) is 43.4 Å². The number of carbonyl (C=O) groups excluding carboxylic acids is 2. The van der Waals surface area contributed by atoms with Crippen LogP contribution in [0.25, 0.3) is 0 Å². The van der Waals surface area contributed by atoms with E-state index in [0.717, 1.165) is 0 Å². The van der Waals surface area contributed by atoms with E-state index in [2.05, 4.69) is 4.74 Å². The summed E-state index contributed by atoms with van der Waals surface area (Å²) >= 11 is 5.00. The van der Waals surface area contributed by atoms with Crippen LogP contribution in [0.4, 0.5) is 0 Å². The van der Waals surface area contributed by atoms with Gasteiger partial charge in [0.25, 0.3) is 0 Å². The Morgan fingerprint density at radius 2 is 2.38 bits per heavy atom. The first-order valence-corrected chi connectivity index (χ1v) is 2.50. The van der Waals surface area contributed by atoms with Crippen molar-refractivity contribution in [2.75, 3.05) is 12.5 Å². The first-order valence-electron chi connectivity index (χ1n) is 1.96. The fraction of sp³-hybridized carbons (Fsp3) is 0.500. The molecule has 0 saturated carbocycles. The third-order valence-corrected chi connectivity index (χ3v) is 0.640. The van der Waals surface area contributed by atoms with Gasteiger partial charge in [-0.1, -0.05) is 0 Å². The van der Waals surface area contributed by atoms with E-state index in [1.54, 1.807) is 0 Å². The number of esters is 1. The van der Waals surface area contributed by atoms with Crippen molar-refractivity contribution in [3.05, 3.63) is 0 Å². The molecule has 8 heavy (non-hydrogen) atoms. The number of carbonyl (C=O) groups is 2. The summed E-state index contributed by atoms with van der Waals surface area (Å²) in [6.07, 6.45) is 0.491. The molecule has 0 aromatic rings. The molecule has 0 rings (SSSR count). The number of hydrogen-bond acceptors (Lipinski definition) is 3. The Morgan fingerprint density at radius 3 is 2.75 bits per heavy atom. The predicted octanol–water partition coefficient (Wildman–Crippen LogP) is -0.0327. The molecule has 0 aliphatic rings. The van der Waals surface area contributed by atoms with E-state index in [0.29, 0.717) is 6.29 Å². The molecule has 4 heteroatoms. The molecule has 3 nitrogen and oxygen atoms in total. The van der Waals surface area contributed by atoms with Gasteiger partial charge < -0.3 is 4.74 Å². The number of hydrogen-bond donors (Lipinski definition) is 0. The normalized spacial score (nSPS) is 8.12. The van der Waals surface area contributed by atoms with Gasteiger partial charge in [-0.2, -0.15) is 0 Å². The summed E-state index contributed by atoms with van der Waals surface area (Å²) in [5.74, 6) is -0.771. The van der Waals surface area contributed by atoms with E-state index in [1.807, 2.05) is 0 Å². The van der Waals surface area contributed by atoms with Crippen LogP contribution in [0.2, 0.25) is 0 Å². The number of aldehydes is 1. The van der Waals surface area contributed by atoms with Crippen LogP contribution in [0.3, 0.4) is 0 Å². The Hall–Kier alpha value is -0.570. The second-order valence-electron chi connectivity index (χ2n) is 0.983. The second-order valence-corrected chi connectivity index (χ2v) is 1.25. The summed E-state index contributed by atoms with van der Waals surface area (Å²) in [5.41, 5.74) is 0. The lowest BCUT2D eigenvalue weighted by molar-refractivity contribution is -0.142. The molecule has 0 aliphatic heterocycles. The zero-order valence-electron chi connectivity index (χ0n) is 4.09. The Morgan fingerprint density at radius 1 is 1.75 bits per heavy atom. The largest absolute Gasteiger partial charge is 0.457 e. The van der Waals surface area contributed by atoms with Crippen molar-refractivity contribution in [1.29, 1.82) is 0 Å². The second kappa shape index (κ2) is 4.59. The maximum atomic E-state index is 10.1. The molecule has 0 aliphatic carbocycles. The van der Waals surface area contributed by atoms with E-state index in [1.165, 1.54) is 0 Å². The number of alkyl halides is 1. The molecule has 0 bridgehead atoms. The molecule has 0 spiro atoms. The van der Waals surface area contributed by atoms with Crippen molar-refractivity contribution >= 4 is 23.9 Å². The minimum Gasteiger partial charge on any atom is -0.457 e. The van der Waals surface area contributed by atoms with Gasteiger partial charge in [0.05, 0.1) is 0 Å². The SMILES string of the molecule is O=CCOC(=O)CCl. The highest BCUT2D eigenvalue weighted by molar-refractivity contribution is 6.26. The lowest BCUT2D eigenvalue weighted by atomic mass is 10.7. The minimum absolute atomic E-state index is 0.201. The number of halogens is 1. The molecule has 0 fully saturated rings. The third-order valence-electron chi connectivity index (χ3n) is 0.421. The van der Waals surface area contributed by atoms with Crippen LogP contribution in [-0.2, 0) is 14.3 Å². The Kier molecular flexibility index (Phi) is 4.26. The predicted molar refractivity (Wildman–Crippen MR) is 27.7 cm³/mol. The van der Waals surface area contributed by atoms with E-state index < -0.39 is 5.97 Å². The quantitative estimate of drug-likeness (QED) is 0.311. The van der Waals surface area contributed by atoms with Gasteiger partial charge in [0, 0.05) is 0 Å². The Bertz CT molecular complexity index is 91.3. The van der Waals surface area contributed by atoms with Gasteiger partial charge in [0.2, 0.25) is 0 Å². The Balaban J connectivity index is 3.11. The molecule has 0 saturated heterocycles.